The molecule has 1 aliphatic carbocycles. The molecule has 1 aromatic carbocycles. The Balaban J connectivity index is 1.50. The van der Waals surface area contributed by atoms with Gasteiger partial charge in [0, 0.05) is 29.3 Å². The van der Waals surface area contributed by atoms with Gasteiger partial charge >= 0.3 is 5.97 Å². The molecule has 2 aromatic heterocycles. The third kappa shape index (κ3) is 4.04. The molecule has 3 heterocycles. The van der Waals surface area contributed by atoms with E-state index >= 15 is 0 Å². The van der Waals surface area contributed by atoms with Crippen molar-refractivity contribution in [2.24, 2.45) is 0 Å². The molecule has 6 nitrogen and oxygen atoms in total. The Labute approximate surface area is 191 Å². The zero-order valence-corrected chi connectivity index (χ0v) is 18.6. The molecule has 2 aliphatic rings. The van der Waals surface area contributed by atoms with Gasteiger partial charge in [-0.1, -0.05) is 30.3 Å². The van der Waals surface area contributed by atoms with Crippen molar-refractivity contribution in [2.45, 2.75) is 45.1 Å². The number of esters is 1. The number of hydrogen-bond donors (Lipinski definition) is 1. The van der Waals surface area contributed by atoms with Gasteiger partial charge in [0.25, 0.3) is 0 Å². The lowest BCUT2D eigenvalue weighted by atomic mass is 9.74. The Hall–Kier alpha value is -3.80. The van der Waals surface area contributed by atoms with Gasteiger partial charge in [-0.15, -0.1) is 0 Å². The zero-order chi connectivity index (χ0) is 22.9. The second-order valence-corrected chi connectivity index (χ2v) is 8.54. The van der Waals surface area contributed by atoms with Crippen LogP contribution in [-0.4, -0.2) is 11.8 Å². The predicted molar refractivity (Wildman–Crippen MR) is 121 cm³/mol. The van der Waals surface area contributed by atoms with Crippen LogP contribution in [0.2, 0.25) is 0 Å². The van der Waals surface area contributed by atoms with Crippen LogP contribution in [0.1, 0.15) is 54.4 Å². The lowest BCUT2D eigenvalue weighted by molar-refractivity contribution is -0.140. The van der Waals surface area contributed by atoms with E-state index in [4.69, 9.17) is 13.6 Å². The van der Waals surface area contributed by atoms with Crippen LogP contribution in [0.4, 0.5) is 0 Å². The number of dihydropyridines is 1. The largest absolute Gasteiger partial charge is 0.469 e. The van der Waals surface area contributed by atoms with Crippen LogP contribution in [0, 0.1) is 6.92 Å². The molecule has 168 valence electrons. The van der Waals surface area contributed by atoms with Crippen LogP contribution in [0.15, 0.2) is 92.2 Å². The summed E-state index contributed by atoms with van der Waals surface area (Å²) in [5, 5.41) is 3.33. The summed E-state index contributed by atoms with van der Waals surface area (Å²) in [6.45, 7) is 3.84. The maximum atomic E-state index is 13.4. The van der Waals surface area contributed by atoms with Gasteiger partial charge in [0.15, 0.2) is 5.78 Å². The molecule has 0 bridgehead atoms. The first-order valence-corrected chi connectivity index (χ1v) is 11.1. The number of hydrogen-bond acceptors (Lipinski definition) is 6. The predicted octanol–water partition coefficient (Wildman–Crippen LogP) is 5.29. The van der Waals surface area contributed by atoms with Crippen molar-refractivity contribution in [2.75, 3.05) is 0 Å². The van der Waals surface area contributed by atoms with Crippen molar-refractivity contribution >= 4 is 11.8 Å². The number of nitrogens with one attached hydrogen (secondary N) is 1. The number of allylic oxidation sites excluding steroid dienone is 3. The minimum Gasteiger partial charge on any atom is -0.469 e. The van der Waals surface area contributed by atoms with E-state index in [0.717, 1.165) is 22.8 Å². The Bertz CT molecular complexity index is 1250. The highest BCUT2D eigenvalue weighted by Gasteiger charge is 2.43. The maximum Gasteiger partial charge on any atom is 0.337 e. The number of rotatable bonds is 5. The molecule has 5 rings (SSSR count). The molecule has 0 unspecified atom stereocenters. The summed E-state index contributed by atoms with van der Waals surface area (Å²) >= 11 is 0. The van der Waals surface area contributed by atoms with Crippen molar-refractivity contribution in [3.63, 3.8) is 0 Å². The Morgan fingerprint density at radius 2 is 1.85 bits per heavy atom. The second-order valence-electron chi connectivity index (χ2n) is 8.54. The van der Waals surface area contributed by atoms with Crippen LogP contribution in [0.25, 0.3) is 0 Å². The fraction of sp³-hybridized carbons (Fsp3) is 0.259. The fourth-order valence-corrected chi connectivity index (χ4v) is 4.73. The molecule has 6 heteroatoms. The van der Waals surface area contributed by atoms with Gasteiger partial charge in [-0.05, 0) is 50.1 Å². The number of aryl methyl sites for hydroxylation is 1. The van der Waals surface area contributed by atoms with Crippen LogP contribution < -0.4 is 5.32 Å². The van der Waals surface area contributed by atoms with Gasteiger partial charge < -0.3 is 18.9 Å². The first-order chi connectivity index (χ1) is 16.0. The topological polar surface area (TPSA) is 81.7 Å². The molecule has 0 saturated heterocycles. The summed E-state index contributed by atoms with van der Waals surface area (Å²) in [5.41, 5.74) is 3.35. The SMILES string of the molecule is CC1=C(C(=O)OCc2ccccc2)[C@H](c2ccc(C)o2)C2=C(C[C@@H](c3ccco3)CC2=O)N1. The summed E-state index contributed by atoms with van der Waals surface area (Å²) in [6, 6.07) is 16.9. The minimum absolute atomic E-state index is 0.0231. The average molecular weight is 443 g/mol. The van der Waals surface area contributed by atoms with Crippen molar-refractivity contribution in [3.8, 4) is 0 Å². The number of carbonyl (C=O) groups excluding carboxylic acids is 2. The summed E-state index contributed by atoms with van der Waals surface area (Å²) in [4.78, 5) is 26.7. The Morgan fingerprint density at radius 1 is 1.03 bits per heavy atom. The molecule has 0 amide bonds. The average Bonchev–Trinajstić information content (AvgIpc) is 3.49. The highest BCUT2D eigenvalue weighted by atomic mass is 16.5. The van der Waals surface area contributed by atoms with E-state index in [9.17, 15) is 9.59 Å². The van der Waals surface area contributed by atoms with Gasteiger partial charge in [-0.25, -0.2) is 4.79 Å². The molecule has 33 heavy (non-hydrogen) atoms. The Morgan fingerprint density at radius 3 is 2.55 bits per heavy atom. The Kier molecular flexibility index (Phi) is 5.50. The number of Topliss-reactive ketones (excluding diaryl/α,β-unsaturated/α-hetero) is 1. The number of carbonyl (C=O) groups is 2. The second kappa shape index (κ2) is 8.62. The smallest absolute Gasteiger partial charge is 0.337 e. The van der Waals surface area contributed by atoms with Crippen LogP contribution in [-0.2, 0) is 20.9 Å². The first-order valence-electron chi connectivity index (χ1n) is 11.1. The van der Waals surface area contributed by atoms with Crippen molar-refractivity contribution in [3.05, 3.63) is 106 Å². The third-order valence-corrected chi connectivity index (χ3v) is 6.25. The van der Waals surface area contributed by atoms with E-state index in [0.29, 0.717) is 35.4 Å². The van der Waals surface area contributed by atoms with E-state index in [1.807, 2.05) is 68.4 Å². The van der Waals surface area contributed by atoms with Crippen LogP contribution >= 0.6 is 0 Å². The van der Waals surface area contributed by atoms with E-state index < -0.39 is 11.9 Å². The standard InChI is InChI=1S/C27H25NO5/c1-16-10-11-23(33-16)26-24(27(30)32-15-18-7-4-3-5-8-18)17(2)28-20-13-19(14-21(29)25(20)26)22-9-6-12-31-22/h3-12,19,26,28H,13-15H2,1-2H3/t19-,26+/m1/s1. The quantitative estimate of drug-likeness (QED) is 0.540. The van der Waals surface area contributed by atoms with Crippen molar-refractivity contribution in [1.29, 1.82) is 0 Å². The highest BCUT2D eigenvalue weighted by molar-refractivity contribution is 6.04. The van der Waals surface area contributed by atoms with Gasteiger partial charge in [-0.2, -0.15) is 0 Å². The molecular weight excluding hydrogens is 418 g/mol. The van der Waals surface area contributed by atoms with Gasteiger partial charge in [0.2, 0.25) is 0 Å². The molecule has 0 fully saturated rings. The summed E-state index contributed by atoms with van der Waals surface area (Å²) in [7, 11) is 0. The van der Waals surface area contributed by atoms with E-state index in [1.165, 1.54) is 0 Å². The molecule has 0 spiro atoms. The van der Waals surface area contributed by atoms with Crippen molar-refractivity contribution in [1.82, 2.24) is 5.32 Å². The molecule has 0 saturated carbocycles. The number of furan rings is 2. The highest BCUT2D eigenvalue weighted by Crippen LogP contribution is 2.46. The summed E-state index contributed by atoms with van der Waals surface area (Å²) in [5.74, 6) is 0.937. The fourth-order valence-electron chi connectivity index (χ4n) is 4.73. The zero-order valence-electron chi connectivity index (χ0n) is 18.6. The number of ketones is 1. The molecular formula is C27H25NO5. The molecule has 1 aliphatic heterocycles. The van der Waals surface area contributed by atoms with E-state index in [1.54, 1.807) is 6.26 Å². The summed E-state index contributed by atoms with van der Waals surface area (Å²) < 4.78 is 17.2. The lowest BCUT2D eigenvalue weighted by Crippen LogP contribution is -2.36. The molecule has 2 atom stereocenters. The molecule has 0 radical (unpaired) electrons. The van der Waals surface area contributed by atoms with E-state index in [2.05, 4.69) is 5.32 Å². The van der Waals surface area contributed by atoms with Crippen LogP contribution in [0.3, 0.4) is 0 Å². The number of ether oxygens (including phenoxy) is 1. The van der Waals surface area contributed by atoms with Crippen molar-refractivity contribution < 1.29 is 23.2 Å². The maximum absolute atomic E-state index is 13.4. The molecule has 3 aromatic rings. The number of benzene rings is 1. The first kappa shape index (κ1) is 21.1. The van der Waals surface area contributed by atoms with Gasteiger partial charge in [0.1, 0.15) is 23.9 Å². The van der Waals surface area contributed by atoms with Gasteiger partial charge in [-0.3, -0.25) is 4.79 Å². The van der Waals surface area contributed by atoms with E-state index in [-0.39, 0.29) is 18.3 Å². The lowest BCUT2D eigenvalue weighted by Gasteiger charge is -2.35. The minimum atomic E-state index is -0.608. The third-order valence-electron chi connectivity index (χ3n) is 6.25. The summed E-state index contributed by atoms with van der Waals surface area (Å²) in [6.07, 6.45) is 2.56. The monoisotopic (exact) mass is 443 g/mol. The van der Waals surface area contributed by atoms with Gasteiger partial charge in [0.05, 0.1) is 17.8 Å². The van der Waals surface area contributed by atoms with Crippen LogP contribution in [0.5, 0.6) is 0 Å². The normalized spacial score (nSPS) is 20.5. The molecule has 1 N–H and O–H groups in total.